The minimum absolute atomic E-state index is 0.0599. The summed E-state index contributed by atoms with van der Waals surface area (Å²) in [7, 11) is 1.61. The molecule has 0 unspecified atom stereocenters. The lowest BCUT2D eigenvalue weighted by atomic mass is 10.1. The molecule has 1 aromatic carbocycles. The summed E-state index contributed by atoms with van der Waals surface area (Å²) in [6.45, 7) is 2.04. The molecule has 6 heteroatoms. The van der Waals surface area contributed by atoms with E-state index in [1.165, 1.54) is 6.07 Å². The Morgan fingerprint density at radius 3 is 2.74 bits per heavy atom. The molecule has 0 fully saturated rings. The van der Waals surface area contributed by atoms with Gasteiger partial charge in [0.05, 0.1) is 12.8 Å². The van der Waals surface area contributed by atoms with Gasteiger partial charge in [-0.15, -0.1) is 0 Å². The third-order valence-electron chi connectivity index (χ3n) is 2.83. The van der Waals surface area contributed by atoms with Gasteiger partial charge in [0.25, 0.3) is 0 Å². The van der Waals surface area contributed by atoms with Crippen molar-refractivity contribution < 1.29 is 14.6 Å². The number of nitrogens with zero attached hydrogens (tertiary/aromatic N) is 1. The van der Waals surface area contributed by atoms with Crippen LogP contribution < -0.4 is 4.74 Å². The zero-order valence-electron chi connectivity index (χ0n) is 10.5. The highest BCUT2D eigenvalue weighted by Gasteiger charge is 2.13. The number of ether oxygens (including phenoxy) is 1. The van der Waals surface area contributed by atoms with Crippen LogP contribution in [0.15, 0.2) is 22.7 Å². The fraction of sp³-hybridized carbons (Fsp3) is 0.231. The first-order valence-electron chi connectivity index (χ1n) is 5.72. The van der Waals surface area contributed by atoms with E-state index in [1.807, 2.05) is 19.1 Å². The maximum Gasteiger partial charge on any atom is 0.353 e. The van der Waals surface area contributed by atoms with Crippen molar-refractivity contribution in [2.24, 2.45) is 0 Å². The minimum atomic E-state index is -1.03. The molecule has 0 saturated heterocycles. The van der Waals surface area contributed by atoms with Gasteiger partial charge >= 0.3 is 5.97 Å². The van der Waals surface area contributed by atoms with Crippen LogP contribution in [0.3, 0.4) is 0 Å². The summed E-state index contributed by atoms with van der Waals surface area (Å²) in [6, 6.07) is 5.25. The third-order valence-corrected chi connectivity index (χ3v) is 3.54. The van der Waals surface area contributed by atoms with Gasteiger partial charge in [0.2, 0.25) is 0 Å². The summed E-state index contributed by atoms with van der Waals surface area (Å²) in [5.74, 6) is -0.276. The highest BCUT2D eigenvalue weighted by molar-refractivity contribution is 9.10. The van der Waals surface area contributed by atoms with E-state index in [0.717, 1.165) is 27.8 Å². The molecule has 0 spiro atoms. The molecule has 0 aliphatic carbocycles. The van der Waals surface area contributed by atoms with Gasteiger partial charge in [-0.05, 0) is 24.6 Å². The van der Waals surface area contributed by atoms with Gasteiger partial charge in [0.15, 0.2) is 0 Å². The Morgan fingerprint density at radius 2 is 2.21 bits per heavy atom. The summed E-state index contributed by atoms with van der Waals surface area (Å²) in [6.07, 6.45) is 0.838. The van der Waals surface area contributed by atoms with E-state index in [2.05, 4.69) is 26.1 Å². The molecule has 0 atom stereocenters. The summed E-state index contributed by atoms with van der Waals surface area (Å²) in [5.41, 5.74) is 2.49. The molecule has 19 heavy (non-hydrogen) atoms. The Hall–Kier alpha value is -1.82. The summed E-state index contributed by atoms with van der Waals surface area (Å²) in [5, 5.41) is 15.4. The lowest BCUT2D eigenvalue weighted by Crippen LogP contribution is -1.95. The molecule has 0 radical (unpaired) electrons. The van der Waals surface area contributed by atoms with E-state index >= 15 is 0 Å². The first-order chi connectivity index (χ1) is 9.06. The number of hydrogen-bond acceptors (Lipinski definition) is 3. The van der Waals surface area contributed by atoms with Crippen molar-refractivity contribution >= 4 is 21.9 Å². The fourth-order valence-electron chi connectivity index (χ4n) is 1.86. The zero-order valence-corrected chi connectivity index (χ0v) is 12.1. The van der Waals surface area contributed by atoms with E-state index in [9.17, 15) is 4.79 Å². The second-order valence-electron chi connectivity index (χ2n) is 3.96. The second kappa shape index (κ2) is 5.44. The van der Waals surface area contributed by atoms with E-state index in [4.69, 9.17) is 9.84 Å². The number of methoxy groups -OCH3 is 1. The molecule has 1 heterocycles. The molecule has 1 aromatic heterocycles. The van der Waals surface area contributed by atoms with Crippen LogP contribution in [-0.2, 0) is 6.42 Å². The van der Waals surface area contributed by atoms with E-state index < -0.39 is 5.97 Å². The van der Waals surface area contributed by atoms with Crippen molar-refractivity contribution in [3.8, 4) is 17.0 Å². The number of H-pyrrole nitrogens is 1. The first-order valence-corrected chi connectivity index (χ1v) is 6.51. The number of aromatic amines is 1. The van der Waals surface area contributed by atoms with Crippen LogP contribution in [0.25, 0.3) is 11.3 Å². The molecular weight excluding hydrogens is 312 g/mol. The second-order valence-corrected chi connectivity index (χ2v) is 4.82. The van der Waals surface area contributed by atoms with Crippen molar-refractivity contribution in [2.75, 3.05) is 7.11 Å². The van der Waals surface area contributed by atoms with Crippen LogP contribution >= 0.6 is 15.9 Å². The smallest absolute Gasteiger partial charge is 0.353 e. The van der Waals surface area contributed by atoms with Gasteiger partial charge in [-0.2, -0.15) is 5.10 Å². The molecule has 2 N–H and O–H groups in total. The maximum absolute atomic E-state index is 10.8. The molecule has 0 bridgehead atoms. The molecule has 2 aromatic rings. The van der Waals surface area contributed by atoms with Crippen LogP contribution in [0, 0.1) is 0 Å². The van der Waals surface area contributed by atoms with Gasteiger partial charge in [0, 0.05) is 15.6 Å². The van der Waals surface area contributed by atoms with Gasteiger partial charge in [0.1, 0.15) is 11.4 Å². The van der Waals surface area contributed by atoms with Gasteiger partial charge < -0.3 is 9.84 Å². The molecule has 0 saturated carbocycles. The monoisotopic (exact) mass is 324 g/mol. The van der Waals surface area contributed by atoms with Crippen molar-refractivity contribution in [3.63, 3.8) is 0 Å². The number of aromatic carboxylic acids is 1. The molecule has 2 rings (SSSR count). The Labute approximate surface area is 118 Å². The lowest BCUT2D eigenvalue weighted by molar-refractivity contribution is 0.0690. The maximum atomic E-state index is 10.8. The largest absolute Gasteiger partial charge is 0.496 e. The number of halogens is 1. The normalized spacial score (nSPS) is 10.5. The summed E-state index contributed by atoms with van der Waals surface area (Å²) in [4.78, 5) is 10.8. The summed E-state index contributed by atoms with van der Waals surface area (Å²) < 4.78 is 6.27. The van der Waals surface area contributed by atoms with Crippen LogP contribution in [0.5, 0.6) is 5.75 Å². The highest BCUT2D eigenvalue weighted by atomic mass is 79.9. The number of hydrogen-bond donors (Lipinski definition) is 2. The number of carbonyl (C=O) groups is 1. The number of carboxylic acids is 1. The van der Waals surface area contributed by atoms with Crippen LogP contribution in [-0.4, -0.2) is 28.4 Å². The summed E-state index contributed by atoms with van der Waals surface area (Å²) >= 11 is 3.50. The number of rotatable bonds is 4. The topological polar surface area (TPSA) is 75.2 Å². The van der Waals surface area contributed by atoms with Gasteiger partial charge in [-0.25, -0.2) is 4.79 Å². The highest BCUT2D eigenvalue weighted by Crippen LogP contribution is 2.33. The van der Waals surface area contributed by atoms with Crippen molar-refractivity contribution in [1.82, 2.24) is 10.2 Å². The van der Waals surface area contributed by atoms with Crippen molar-refractivity contribution in [3.05, 3.63) is 33.9 Å². The zero-order chi connectivity index (χ0) is 14.0. The fourth-order valence-corrected chi connectivity index (χ4v) is 2.59. The SMILES string of the molecule is CCc1c(Br)cc(-c2cc(C(=O)O)[nH]n2)cc1OC. The van der Waals surface area contributed by atoms with E-state index in [1.54, 1.807) is 7.11 Å². The molecule has 0 aliphatic heterocycles. The van der Waals surface area contributed by atoms with Gasteiger partial charge in [-0.3, -0.25) is 5.10 Å². The van der Waals surface area contributed by atoms with Crippen LogP contribution in [0.2, 0.25) is 0 Å². The van der Waals surface area contributed by atoms with Crippen molar-refractivity contribution in [1.29, 1.82) is 0 Å². The van der Waals surface area contributed by atoms with Crippen molar-refractivity contribution in [2.45, 2.75) is 13.3 Å². The van der Waals surface area contributed by atoms with Crippen LogP contribution in [0.1, 0.15) is 23.0 Å². The molecule has 0 aliphatic rings. The van der Waals surface area contributed by atoms with E-state index in [0.29, 0.717) is 5.69 Å². The molecular formula is C13H13BrN2O3. The third kappa shape index (κ3) is 2.63. The molecule has 0 amide bonds. The average molecular weight is 325 g/mol. The Kier molecular flexibility index (Phi) is 3.90. The quantitative estimate of drug-likeness (QED) is 0.906. The molecule has 100 valence electrons. The number of aromatic nitrogens is 2. The standard InChI is InChI=1S/C13H13BrN2O3/c1-3-8-9(14)4-7(5-12(8)19-2)10-6-11(13(17)18)16-15-10/h4-6H,3H2,1-2H3,(H,15,16)(H,17,18). The Balaban J connectivity index is 2.50. The van der Waals surface area contributed by atoms with E-state index in [-0.39, 0.29) is 5.69 Å². The van der Waals surface area contributed by atoms with Gasteiger partial charge in [-0.1, -0.05) is 22.9 Å². The van der Waals surface area contributed by atoms with Crippen LogP contribution in [0.4, 0.5) is 0 Å². The first kappa shape index (κ1) is 13.6. The number of nitrogens with one attached hydrogen (secondary N) is 1. The number of carboxylic acid groups (broad SMARTS) is 1. The minimum Gasteiger partial charge on any atom is -0.496 e. The lowest BCUT2D eigenvalue weighted by Gasteiger charge is -2.10. The average Bonchev–Trinajstić information content (AvgIpc) is 2.87. The Bertz CT molecular complexity index is 622. The predicted octanol–water partition coefficient (Wildman–Crippen LogP) is 3.11. The molecule has 5 nitrogen and oxygen atoms in total. The Morgan fingerprint density at radius 1 is 1.47 bits per heavy atom. The predicted molar refractivity (Wildman–Crippen MR) is 74.6 cm³/mol. The number of benzene rings is 1.